The van der Waals surface area contributed by atoms with E-state index >= 15 is 0 Å². The van der Waals surface area contributed by atoms with Gasteiger partial charge in [-0.15, -0.1) is 0 Å². The zero-order valence-corrected chi connectivity index (χ0v) is 9.78. The Balaban J connectivity index is 2.26. The number of carboxylic acid groups (broad SMARTS) is 1. The molecule has 0 radical (unpaired) electrons. The molecule has 3 nitrogen and oxygen atoms in total. The molecule has 1 atom stereocenters. The summed E-state index contributed by atoms with van der Waals surface area (Å²) < 4.78 is 0. The molecule has 0 aliphatic heterocycles. The van der Waals surface area contributed by atoms with Gasteiger partial charge in [-0.1, -0.05) is 30.3 Å². The number of benzene rings is 1. The number of halogens is 1. The van der Waals surface area contributed by atoms with Gasteiger partial charge in [-0.2, -0.15) is 0 Å². The lowest BCUT2D eigenvalue weighted by atomic mass is 10.0. The van der Waals surface area contributed by atoms with Gasteiger partial charge in [0, 0.05) is 6.04 Å². The van der Waals surface area contributed by atoms with Gasteiger partial charge in [0.15, 0.2) is 0 Å². The molecule has 1 unspecified atom stereocenters. The van der Waals surface area contributed by atoms with Crippen molar-refractivity contribution in [1.29, 1.82) is 0 Å². The molecule has 4 heteroatoms. The summed E-state index contributed by atoms with van der Waals surface area (Å²) in [7, 11) is 0. The summed E-state index contributed by atoms with van der Waals surface area (Å²) in [6, 6.07) is 9.98. The van der Waals surface area contributed by atoms with Gasteiger partial charge in [0.2, 0.25) is 0 Å². The third-order valence-electron chi connectivity index (χ3n) is 2.44. The second kappa shape index (κ2) is 7.25. The van der Waals surface area contributed by atoms with Gasteiger partial charge in [-0.3, -0.25) is 4.79 Å². The van der Waals surface area contributed by atoms with Gasteiger partial charge in [0.05, 0.1) is 6.42 Å². The number of nitrogens with one attached hydrogen (secondary N) is 1. The molecule has 16 heavy (non-hydrogen) atoms. The molecule has 0 aromatic heterocycles. The number of aliphatic carboxylic acids is 1. The molecule has 0 saturated carbocycles. The van der Waals surface area contributed by atoms with Gasteiger partial charge >= 0.3 is 5.97 Å². The largest absolute Gasteiger partial charge is 0.481 e. The van der Waals surface area contributed by atoms with Crippen molar-refractivity contribution >= 4 is 17.7 Å². The molecule has 1 rings (SSSR count). The molecule has 1 aromatic rings. The molecule has 0 amide bonds. The second-order valence-electron chi connectivity index (χ2n) is 3.78. The maximum Gasteiger partial charge on any atom is 0.304 e. The summed E-state index contributed by atoms with van der Waals surface area (Å²) in [6.07, 6.45) is 2.72. The zero-order valence-electron chi connectivity index (χ0n) is 9.03. The van der Waals surface area contributed by atoms with E-state index in [4.69, 9.17) is 16.9 Å². The van der Waals surface area contributed by atoms with Crippen LogP contribution >= 0.6 is 11.8 Å². The number of hydrogen-bond donors (Lipinski definition) is 2. The maximum atomic E-state index is 10.5. The van der Waals surface area contributed by atoms with Crippen LogP contribution in [0, 0.1) is 0 Å². The first-order valence-electron chi connectivity index (χ1n) is 5.34. The highest BCUT2D eigenvalue weighted by Gasteiger charge is 2.11. The van der Waals surface area contributed by atoms with Crippen molar-refractivity contribution in [2.24, 2.45) is 0 Å². The number of carbonyl (C=O) groups is 1. The van der Waals surface area contributed by atoms with Crippen molar-refractivity contribution in [3.05, 3.63) is 35.9 Å². The molecular formula is C12H16ClNO2. The standard InChI is InChI=1S/C12H16ClNO2/c13-14-11(9-12(15)16)8-4-7-10-5-2-1-3-6-10/h1-3,5-6,11,14H,4,7-9H2,(H,15,16). The number of hydrogen-bond acceptors (Lipinski definition) is 2. The molecule has 0 aliphatic rings. The Kier molecular flexibility index (Phi) is 5.90. The van der Waals surface area contributed by atoms with Crippen molar-refractivity contribution in [2.75, 3.05) is 0 Å². The highest BCUT2D eigenvalue weighted by atomic mass is 35.5. The maximum absolute atomic E-state index is 10.5. The van der Waals surface area contributed by atoms with E-state index in [9.17, 15) is 4.79 Å². The van der Waals surface area contributed by atoms with E-state index in [1.807, 2.05) is 18.2 Å². The fourth-order valence-corrected chi connectivity index (χ4v) is 1.79. The van der Waals surface area contributed by atoms with Crippen LogP contribution in [0.4, 0.5) is 0 Å². The smallest absolute Gasteiger partial charge is 0.304 e. The summed E-state index contributed by atoms with van der Waals surface area (Å²) in [5, 5.41) is 8.63. The van der Waals surface area contributed by atoms with Crippen LogP contribution in [-0.2, 0) is 11.2 Å². The molecular weight excluding hydrogens is 226 g/mol. The Morgan fingerprint density at radius 1 is 1.38 bits per heavy atom. The van der Waals surface area contributed by atoms with E-state index in [2.05, 4.69) is 17.0 Å². The summed E-state index contributed by atoms with van der Waals surface area (Å²) in [5.41, 5.74) is 1.27. The Bertz CT molecular complexity index is 316. The van der Waals surface area contributed by atoms with E-state index in [-0.39, 0.29) is 12.5 Å². The SMILES string of the molecule is O=C(O)CC(CCCc1ccccc1)NCl. The van der Waals surface area contributed by atoms with Crippen molar-refractivity contribution in [3.63, 3.8) is 0 Å². The van der Waals surface area contributed by atoms with Gasteiger partial charge in [0.1, 0.15) is 0 Å². The van der Waals surface area contributed by atoms with E-state index in [1.54, 1.807) is 0 Å². The molecule has 1 aromatic carbocycles. The van der Waals surface area contributed by atoms with Crippen molar-refractivity contribution in [2.45, 2.75) is 31.7 Å². The highest BCUT2D eigenvalue weighted by molar-refractivity contribution is 6.13. The molecule has 0 bridgehead atoms. The van der Waals surface area contributed by atoms with Crippen molar-refractivity contribution in [1.82, 2.24) is 4.84 Å². The lowest BCUT2D eigenvalue weighted by Crippen LogP contribution is -2.24. The minimum absolute atomic E-state index is 0.0677. The first kappa shape index (κ1) is 13.0. The predicted octanol–water partition coefficient (Wildman–Crippen LogP) is 2.60. The Morgan fingerprint density at radius 2 is 2.06 bits per heavy atom. The number of carboxylic acids is 1. The topological polar surface area (TPSA) is 49.3 Å². The lowest BCUT2D eigenvalue weighted by molar-refractivity contribution is -0.137. The van der Waals surface area contributed by atoms with Crippen LogP contribution in [0.15, 0.2) is 30.3 Å². The summed E-state index contributed by atoms with van der Waals surface area (Å²) >= 11 is 5.48. The normalized spacial score (nSPS) is 12.3. The van der Waals surface area contributed by atoms with E-state index in [0.717, 1.165) is 19.3 Å². The third-order valence-corrected chi connectivity index (χ3v) is 2.74. The Labute approximate surface area is 101 Å². The fraction of sp³-hybridized carbons (Fsp3) is 0.417. The van der Waals surface area contributed by atoms with Crippen LogP contribution in [0.3, 0.4) is 0 Å². The predicted molar refractivity (Wildman–Crippen MR) is 64.4 cm³/mol. The second-order valence-corrected chi connectivity index (χ2v) is 4.00. The molecule has 0 aliphatic carbocycles. The fourth-order valence-electron chi connectivity index (χ4n) is 1.60. The Hall–Kier alpha value is -1.06. The molecule has 0 fully saturated rings. The molecule has 0 heterocycles. The lowest BCUT2D eigenvalue weighted by Gasteiger charge is -2.11. The van der Waals surface area contributed by atoms with E-state index in [1.165, 1.54) is 5.56 Å². The van der Waals surface area contributed by atoms with E-state index in [0.29, 0.717) is 0 Å². The van der Waals surface area contributed by atoms with E-state index < -0.39 is 5.97 Å². The van der Waals surface area contributed by atoms with Crippen LogP contribution < -0.4 is 4.84 Å². The quantitative estimate of drug-likeness (QED) is 0.722. The average molecular weight is 242 g/mol. The third kappa shape index (κ3) is 5.14. The van der Waals surface area contributed by atoms with Crippen LogP contribution in [0.5, 0.6) is 0 Å². The van der Waals surface area contributed by atoms with Crippen LogP contribution in [0.2, 0.25) is 0 Å². The molecule has 0 saturated heterocycles. The Morgan fingerprint density at radius 3 is 2.62 bits per heavy atom. The minimum Gasteiger partial charge on any atom is -0.481 e. The zero-order chi connectivity index (χ0) is 11.8. The van der Waals surface area contributed by atoms with Gasteiger partial charge in [-0.05, 0) is 36.6 Å². The summed E-state index contributed by atoms with van der Waals surface area (Å²) in [5.74, 6) is -0.821. The summed E-state index contributed by atoms with van der Waals surface area (Å²) in [6.45, 7) is 0. The first-order valence-corrected chi connectivity index (χ1v) is 5.72. The average Bonchev–Trinajstić information content (AvgIpc) is 2.28. The van der Waals surface area contributed by atoms with Crippen LogP contribution in [-0.4, -0.2) is 17.1 Å². The highest BCUT2D eigenvalue weighted by Crippen LogP contribution is 2.09. The monoisotopic (exact) mass is 241 g/mol. The van der Waals surface area contributed by atoms with Crippen LogP contribution in [0.25, 0.3) is 0 Å². The summed E-state index contributed by atoms with van der Waals surface area (Å²) in [4.78, 5) is 13.0. The van der Waals surface area contributed by atoms with Gasteiger partial charge < -0.3 is 5.11 Å². The molecule has 88 valence electrons. The van der Waals surface area contributed by atoms with Gasteiger partial charge in [0.25, 0.3) is 0 Å². The van der Waals surface area contributed by atoms with Crippen LogP contribution in [0.1, 0.15) is 24.8 Å². The van der Waals surface area contributed by atoms with Crippen molar-refractivity contribution in [3.8, 4) is 0 Å². The number of rotatable bonds is 7. The van der Waals surface area contributed by atoms with Crippen molar-refractivity contribution < 1.29 is 9.90 Å². The molecule has 0 spiro atoms. The van der Waals surface area contributed by atoms with Gasteiger partial charge in [-0.25, -0.2) is 4.84 Å². The molecule has 2 N–H and O–H groups in total. The number of aryl methyl sites for hydroxylation is 1. The first-order chi connectivity index (χ1) is 7.72. The minimum atomic E-state index is -0.821.